The average molecular weight is 354 g/mol. The fourth-order valence-corrected chi connectivity index (χ4v) is 3.65. The molecule has 0 spiro atoms. The number of aryl methyl sites for hydroxylation is 1. The molecule has 1 aromatic heterocycles. The zero-order valence-corrected chi connectivity index (χ0v) is 15.5. The van der Waals surface area contributed by atoms with Crippen molar-refractivity contribution in [2.75, 3.05) is 14.2 Å². The fraction of sp³-hybridized carbons (Fsp3) is 0.250. The maximum Gasteiger partial charge on any atom is 0.161 e. The molecule has 3 aromatic rings. The minimum absolute atomic E-state index is 0.741. The summed E-state index contributed by atoms with van der Waals surface area (Å²) >= 11 is 1.73. The van der Waals surface area contributed by atoms with Crippen LogP contribution in [-0.4, -0.2) is 19.2 Å². The first kappa shape index (κ1) is 17.5. The third-order valence-electron chi connectivity index (χ3n) is 4.02. The number of hydrogen-bond acceptors (Lipinski definition) is 5. The Morgan fingerprint density at radius 2 is 1.80 bits per heavy atom. The monoisotopic (exact) mass is 354 g/mol. The summed E-state index contributed by atoms with van der Waals surface area (Å²) in [6, 6.07) is 14.4. The van der Waals surface area contributed by atoms with E-state index in [2.05, 4.69) is 41.5 Å². The molecule has 0 unspecified atom stereocenters. The summed E-state index contributed by atoms with van der Waals surface area (Å²) < 4.78 is 10.6. The van der Waals surface area contributed by atoms with Gasteiger partial charge in [0.15, 0.2) is 11.5 Å². The van der Waals surface area contributed by atoms with Gasteiger partial charge >= 0.3 is 0 Å². The maximum atomic E-state index is 5.34. The zero-order chi connectivity index (χ0) is 17.6. The van der Waals surface area contributed by atoms with Crippen LogP contribution < -0.4 is 14.8 Å². The second-order valence-corrected chi connectivity index (χ2v) is 6.84. The van der Waals surface area contributed by atoms with Gasteiger partial charge in [0.1, 0.15) is 5.01 Å². The number of nitrogens with zero attached hydrogens (tertiary/aromatic N) is 1. The molecule has 3 rings (SSSR count). The van der Waals surface area contributed by atoms with Crippen molar-refractivity contribution < 1.29 is 9.47 Å². The van der Waals surface area contributed by atoms with Gasteiger partial charge < -0.3 is 14.8 Å². The lowest BCUT2D eigenvalue weighted by atomic mass is 10.1. The Bertz CT molecular complexity index is 845. The quantitative estimate of drug-likeness (QED) is 0.682. The molecule has 0 bridgehead atoms. The molecule has 1 N–H and O–H groups in total. The number of benzene rings is 2. The molecule has 0 saturated heterocycles. The standard InChI is InChI=1S/C20H22N2O2S/c1-14-6-4-5-7-16(14)19-12-22-20(25-19)13-21-11-15-8-9-17(23-2)18(10-15)24-3/h4-10,12,21H,11,13H2,1-3H3. The second-order valence-electron chi connectivity index (χ2n) is 5.73. The Morgan fingerprint density at radius 1 is 1.00 bits per heavy atom. The van der Waals surface area contributed by atoms with Gasteiger partial charge in [-0.2, -0.15) is 0 Å². The van der Waals surface area contributed by atoms with Crippen molar-refractivity contribution in [1.82, 2.24) is 10.3 Å². The Kier molecular flexibility index (Phi) is 5.68. The van der Waals surface area contributed by atoms with Crippen LogP contribution in [0.3, 0.4) is 0 Å². The summed E-state index contributed by atoms with van der Waals surface area (Å²) in [6.07, 6.45) is 1.96. The topological polar surface area (TPSA) is 43.4 Å². The predicted molar refractivity (Wildman–Crippen MR) is 102 cm³/mol. The number of aromatic nitrogens is 1. The van der Waals surface area contributed by atoms with E-state index < -0.39 is 0 Å². The molecule has 25 heavy (non-hydrogen) atoms. The van der Waals surface area contributed by atoms with Crippen molar-refractivity contribution in [3.8, 4) is 21.9 Å². The Balaban J connectivity index is 1.61. The second kappa shape index (κ2) is 8.14. The summed E-state index contributed by atoms with van der Waals surface area (Å²) in [5.41, 5.74) is 3.68. The summed E-state index contributed by atoms with van der Waals surface area (Å²) in [5, 5.41) is 4.52. The average Bonchev–Trinajstić information content (AvgIpc) is 3.10. The van der Waals surface area contributed by atoms with Gasteiger partial charge in [0.25, 0.3) is 0 Å². The molecule has 2 aromatic carbocycles. The third kappa shape index (κ3) is 4.18. The molecule has 0 amide bonds. The van der Waals surface area contributed by atoms with Gasteiger partial charge in [0, 0.05) is 19.3 Å². The Hall–Kier alpha value is -2.37. The van der Waals surface area contributed by atoms with Gasteiger partial charge in [-0.25, -0.2) is 4.98 Å². The molecule has 0 saturated carbocycles. The lowest BCUT2D eigenvalue weighted by Gasteiger charge is -2.09. The fourth-order valence-electron chi connectivity index (χ4n) is 2.67. The van der Waals surface area contributed by atoms with Crippen LogP contribution >= 0.6 is 11.3 Å². The van der Waals surface area contributed by atoms with E-state index in [0.29, 0.717) is 0 Å². The molecule has 0 aliphatic carbocycles. The number of nitrogens with one attached hydrogen (secondary N) is 1. The molecule has 5 heteroatoms. The van der Waals surface area contributed by atoms with Gasteiger partial charge in [-0.15, -0.1) is 11.3 Å². The highest BCUT2D eigenvalue weighted by Crippen LogP contribution is 2.29. The number of hydrogen-bond donors (Lipinski definition) is 1. The van der Waals surface area contributed by atoms with Crippen LogP contribution in [0.5, 0.6) is 11.5 Å². The molecule has 0 aliphatic heterocycles. The maximum absolute atomic E-state index is 5.34. The highest BCUT2D eigenvalue weighted by Gasteiger charge is 2.07. The van der Waals surface area contributed by atoms with Crippen LogP contribution in [0.1, 0.15) is 16.1 Å². The predicted octanol–water partition coefficient (Wildman–Crippen LogP) is 4.43. The molecular formula is C20H22N2O2S. The molecular weight excluding hydrogens is 332 g/mol. The number of ether oxygens (including phenoxy) is 2. The van der Waals surface area contributed by atoms with Crippen molar-refractivity contribution in [2.24, 2.45) is 0 Å². The van der Waals surface area contributed by atoms with Crippen LogP contribution in [0.15, 0.2) is 48.7 Å². The van der Waals surface area contributed by atoms with Crippen LogP contribution in [0.2, 0.25) is 0 Å². The van der Waals surface area contributed by atoms with Crippen LogP contribution in [-0.2, 0) is 13.1 Å². The first-order valence-corrected chi connectivity index (χ1v) is 8.95. The minimum Gasteiger partial charge on any atom is -0.493 e. The molecule has 1 heterocycles. The van der Waals surface area contributed by atoms with E-state index in [-0.39, 0.29) is 0 Å². The number of methoxy groups -OCH3 is 2. The van der Waals surface area contributed by atoms with E-state index in [9.17, 15) is 0 Å². The van der Waals surface area contributed by atoms with Crippen LogP contribution in [0, 0.1) is 6.92 Å². The molecule has 0 atom stereocenters. The Labute approximate surface area is 152 Å². The first-order chi connectivity index (χ1) is 12.2. The van der Waals surface area contributed by atoms with E-state index in [1.165, 1.54) is 16.0 Å². The molecule has 4 nitrogen and oxygen atoms in total. The van der Waals surface area contributed by atoms with E-state index >= 15 is 0 Å². The van der Waals surface area contributed by atoms with Gasteiger partial charge in [0.05, 0.1) is 19.1 Å². The minimum atomic E-state index is 0.741. The summed E-state index contributed by atoms with van der Waals surface area (Å²) in [6.45, 7) is 3.62. The summed E-state index contributed by atoms with van der Waals surface area (Å²) in [5.74, 6) is 1.49. The van der Waals surface area contributed by atoms with Gasteiger partial charge in [0.2, 0.25) is 0 Å². The summed E-state index contributed by atoms with van der Waals surface area (Å²) in [4.78, 5) is 5.75. The highest BCUT2D eigenvalue weighted by atomic mass is 32.1. The zero-order valence-electron chi connectivity index (χ0n) is 14.7. The largest absolute Gasteiger partial charge is 0.493 e. The van der Waals surface area contributed by atoms with Crippen molar-refractivity contribution in [1.29, 1.82) is 0 Å². The first-order valence-electron chi connectivity index (χ1n) is 8.13. The van der Waals surface area contributed by atoms with Crippen LogP contribution in [0.25, 0.3) is 10.4 Å². The normalized spacial score (nSPS) is 10.7. The van der Waals surface area contributed by atoms with Crippen molar-refractivity contribution in [3.63, 3.8) is 0 Å². The number of rotatable bonds is 7. The van der Waals surface area contributed by atoms with Crippen molar-refractivity contribution >= 4 is 11.3 Å². The van der Waals surface area contributed by atoms with E-state index in [1.54, 1.807) is 25.6 Å². The van der Waals surface area contributed by atoms with Crippen molar-refractivity contribution in [2.45, 2.75) is 20.0 Å². The smallest absolute Gasteiger partial charge is 0.161 e. The highest BCUT2D eigenvalue weighted by molar-refractivity contribution is 7.15. The summed E-state index contributed by atoms with van der Waals surface area (Å²) in [7, 11) is 3.29. The lowest BCUT2D eigenvalue weighted by molar-refractivity contribution is 0.354. The van der Waals surface area contributed by atoms with E-state index in [0.717, 1.165) is 35.2 Å². The van der Waals surface area contributed by atoms with E-state index in [1.807, 2.05) is 24.4 Å². The van der Waals surface area contributed by atoms with Gasteiger partial charge in [-0.05, 0) is 35.7 Å². The van der Waals surface area contributed by atoms with Crippen molar-refractivity contribution in [3.05, 3.63) is 64.8 Å². The molecule has 0 radical (unpaired) electrons. The lowest BCUT2D eigenvalue weighted by Crippen LogP contribution is -2.12. The molecule has 130 valence electrons. The Morgan fingerprint density at radius 3 is 2.56 bits per heavy atom. The SMILES string of the molecule is COc1ccc(CNCc2ncc(-c3ccccc3C)s2)cc1OC. The molecule has 0 fully saturated rings. The van der Waals surface area contributed by atoms with Crippen LogP contribution in [0.4, 0.5) is 0 Å². The van der Waals surface area contributed by atoms with Gasteiger partial charge in [-0.3, -0.25) is 0 Å². The molecule has 0 aliphatic rings. The van der Waals surface area contributed by atoms with E-state index in [4.69, 9.17) is 9.47 Å². The number of thiazole rings is 1. The van der Waals surface area contributed by atoms with Gasteiger partial charge in [-0.1, -0.05) is 30.3 Å². The third-order valence-corrected chi connectivity index (χ3v) is 5.05.